The number of phenols is 2. The highest BCUT2D eigenvalue weighted by Crippen LogP contribution is 2.37. The van der Waals surface area contributed by atoms with E-state index in [4.69, 9.17) is 70.2 Å². The molecule has 0 aliphatic carbocycles. The predicted octanol–water partition coefficient (Wildman–Crippen LogP) is 1.06. The number of hydrogen-bond donors (Lipinski definition) is 12. The third kappa shape index (κ3) is 33.9. The first-order valence-corrected chi connectivity index (χ1v) is 37.9. The third-order valence-electron chi connectivity index (χ3n) is 18.8. The minimum Gasteiger partial charge on any atom is -0.504 e. The van der Waals surface area contributed by atoms with E-state index in [9.17, 15) is 68.1 Å². The average Bonchev–Trinajstić information content (AvgIpc) is 1.52. The first-order chi connectivity index (χ1) is 55.9. The normalized spacial score (nSPS) is 20.2. The molecule has 2 aromatic rings. The summed E-state index contributed by atoms with van der Waals surface area (Å²) in [4.78, 5) is 138. The van der Waals surface area contributed by atoms with Crippen molar-refractivity contribution in [3.05, 3.63) is 59.2 Å². The molecule has 6 aliphatic heterocycles. The lowest BCUT2D eigenvalue weighted by atomic mass is 9.92. The Hall–Kier alpha value is -11.1. The quantitative estimate of drug-likeness (QED) is 0.00989. The van der Waals surface area contributed by atoms with Crippen LogP contribution in [0.25, 0.3) is 0 Å². The van der Waals surface area contributed by atoms with Crippen LogP contribution < -0.4 is 0 Å². The van der Waals surface area contributed by atoms with Crippen LogP contribution in [0, 0.1) is 11.8 Å². The van der Waals surface area contributed by atoms with Gasteiger partial charge in [0, 0.05) is 77.8 Å². The Bertz CT molecular complexity index is 3750. The number of rotatable bonds is 30. The molecule has 0 radical (unpaired) electrons. The molecule has 12 N–H and O–H groups in total. The summed E-state index contributed by atoms with van der Waals surface area (Å²) < 4.78 is 33.1. The Balaban J connectivity index is 0.000000364. The van der Waals surface area contributed by atoms with Crippen LogP contribution in [0.4, 0.5) is 0 Å². The van der Waals surface area contributed by atoms with Crippen molar-refractivity contribution in [1.82, 2.24) is 34.3 Å². The number of ether oxygens (including phenoxy) is 7. The molecule has 0 bridgehead atoms. The highest BCUT2D eigenvalue weighted by atomic mass is 16.6. The van der Waals surface area contributed by atoms with E-state index < -0.39 is 83.8 Å². The van der Waals surface area contributed by atoms with Gasteiger partial charge in [0.15, 0.2) is 45.8 Å². The number of ketones is 1. The van der Waals surface area contributed by atoms with Gasteiger partial charge in [-0.3, -0.25) is 58.3 Å². The molecule has 0 saturated carbocycles. The number of aliphatic carboxylic acids is 3. The lowest BCUT2D eigenvalue weighted by Gasteiger charge is -2.35. The summed E-state index contributed by atoms with van der Waals surface area (Å²) in [5.74, 6) is -9.14. The lowest BCUT2D eigenvalue weighted by molar-refractivity contribution is -0.152. The number of hydrogen-bond acceptors (Lipinski definition) is 40. The number of oxime groups is 6. The largest absolute Gasteiger partial charge is 0.504 e. The summed E-state index contributed by atoms with van der Waals surface area (Å²) in [6.07, 6.45) is 2.52. The number of carbonyl (C=O) groups is 11. The number of Topliss-reactive ketones (excluding diaryl/α,β-unsaturated/α-hetero) is 1. The maximum atomic E-state index is 11.7. The van der Waals surface area contributed by atoms with E-state index in [0.717, 1.165) is 50.3 Å². The van der Waals surface area contributed by atoms with Gasteiger partial charge in [-0.25, -0.2) is 28.8 Å². The minimum atomic E-state index is -1.09. The number of esters is 7. The number of carbonyl (C=O) groups excluding carboxylic acids is 8. The van der Waals surface area contributed by atoms with Gasteiger partial charge in [0.25, 0.3) is 0 Å². The molecule has 43 nitrogen and oxygen atoms in total. The number of fused-ring (bicyclic) bond motifs is 1. The highest BCUT2D eigenvalue weighted by molar-refractivity contribution is 6.39. The summed E-state index contributed by atoms with van der Waals surface area (Å²) >= 11 is 0. The summed E-state index contributed by atoms with van der Waals surface area (Å²) in [5, 5.41) is 126. The lowest BCUT2D eigenvalue weighted by Crippen LogP contribution is -2.48. The van der Waals surface area contributed by atoms with E-state index in [1.807, 2.05) is 22.8 Å². The molecule has 6 heterocycles. The van der Waals surface area contributed by atoms with Gasteiger partial charge in [0.1, 0.15) is 23.8 Å². The fourth-order valence-corrected chi connectivity index (χ4v) is 12.7. The second-order valence-electron chi connectivity index (χ2n) is 26.6. The number of benzene rings is 2. The van der Waals surface area contributed by atoms with Crippen LogP contribution in [0.1, 0.15) is 110 Å². The van der Waals surface area contributed by atoms with Crippen molar-refractivity contribution >= 4 is 99.7 Å². The number of nitrogens with zero attached hydrogens (tertiary/aromatic N) is 13. The molecule has 5 saturated heterocycles. The van der Waals surface area contributed by atoms with Crippen LogP contribution in [0.5, 0.6) is 11.5 Å². The van der Waals surface area contributed by atoms with Gasteiger partial charge in [-0.15, -0.1) is 0 Å². The van der Waals surface area contributed by atoms with Crippen LogP contribution in [0.15, 0.2) is 73.4 Å². The maximum absolute atomic E-state index is 11.7. The van der Waals surface area contributed by atoms with Crippen molar-refractivity contribution in [2.45, 2.75) is 124 Å². The molecule has 8 rings (SSSR count). The number of aliphatic hydroxyl groups excluding tert-OH is 1. The fourth-order valence-electron chi connectivity index (χ4n) is 12.7. The second kappa shape index (κ2) is 53.9. The molecule has 2 aromatic carbocycles. The van der Waals surface area contributed by atoms with Crippen LogP contribution in [-0.2, 0) is 98.9 Å². The summed E-state index contributed by atoms with van der Waals surface area (Å²) in [6, 6.07) is 11.9. The standard InChI is InChI=1S/C16H23N3O3.C15H20N2O5.C12H18N2O6.C11H18N2O5.C10H16N2O6.C10H16N2O5/c1-2-22-16(20)15(17-21)13-19-10-8-18(9-11-19)12-14-6-4-3-5-7-14;1-3-22-15(20)12(16-21)8-17-5-4-10-6-13(18)14(19)7-11(10)9(17)2;1-3-20-12(17)9(13-18)7-14-5-4-10(15)8(6-14)11(16)19-2;1-2-18-11(16)9(12-17)7-13-5-3-8(4-6-13)10(14)15;1-2-18-10(16)7(11-17)5-12-4-6(13)3-8(12)9(14)15;1-2-17-10(15)7(11-16)6-12-5-3-4-8(12)9(13)14/h3-7,21H,2,8-13H2,1H3;6-7,9,18-19,21H,3-5,8H2,1-2H3;8,18H,3-7H2,1-2H3;8,17H,2-7H2,1H3,(H,14,15);6,8,13,17H,2-5H2,1H3,(H,14,15);8,16H,2-6H2,1H3,(H,13,14)/b17-15-;16-12-;13-9-;12-9-;2*11-7-. The van der Waals surface area contributed by atoms with Crippen molar-refractivity contribution in [2.75, 3.05) is 158 Å². The molecular formula is C74H111N13O30. The van der Waals surface area contributed by atoms with Crippen LogP contribution in [-0.4, -0.2) is 372 Å². The molecule has 0 aromatic heterocycles. The number of carboxylic acid groups (broad SMARTS) is 3. The van der Waals surface area contributed by atoms with Gasteiger partial charge in [-0.1, -0.05) is 61.3 Å². The van der Waals surface area contributed by atoms with E-state index in [-0.39, 0.29) is 162 Å². The SMILES string of the molecule is CCOC(=O)/C(CN1CC(O)CC1C(=O)O)=N\O.CCOC(=O)/C(CN1CCC(=O)C(C(=O)OC)C1)=N\O.CCOC(=O)/C(CN1CCC(C(=O)O)CC1)=N\O.CCOC(=O)/C(CN1CCCC1C(=O)O)=N\O.CCOC(=O)/C(CN1CCN(Cc2ccccc2)CC1)=N\O.CCOC(=O)/C(CN1CCc2cc(O)c(O)cc2C1C)=N\O. The number of aromatic hydroxyl groups is 2. The number of aliphatic hydroxyl groups is 1. The molecule has 117 heavy (non-hydrogen) atoms. The predicted molar refractivity (Wildman–Crippen MR) is 411 cm³/mol. The number of carboxylic acids is 3. The average molecular weight is 1660 g/mol. The fraction of sp³-hybridized carbons (Fsp3) is 0.608. The first-order valence-electron chi connectivity index (χ1n) is 37.9. The molecule has 5 fully saturated rings. The Labute approximate surface area is 675 Å². The van der Waals surface area contributed by atoms with Crippen molar-refractivity contribution < 1.29 is 148 Å². The number of methoxy groups -OCH3 is 1. The van der Waals surface area contributed by atoms with Crippen molar-refractivity contribution in [2.24, 2.45) is 42.8 Å². The second-order valence-corrected chi connectivity index (χ2v) is 26.6. The molecule has 0 spiro atoms. The van der Waals surface area contributed by atoms with Crippen molar-refractivity contribution in [3.63, 3.8) is 0 Å². The number of phenolic OH excluding ortho intramolecular Hbond substituents is 2. The van der Waals surface area contributed by atoms with Gasteiger partial charge < -0.3 is 95.0 Å². The molecule has 5 unspecified atom stereocenters. The number of β-amino-alcohol motifs (C(OH)–C–C–N with tert-alkyl or cyclic N) is 1. The smallest absolute Gasteiger partial charge is 0.357 e. The monoisotopic (exact) mass is 1660 g/mol. The minimum absolute atomic E-state index is 0.00764. The Kier molecular flexibility index (Phi) is 46.2. The van der Waals surface area contributed by atoms with Crippen molar-refractivity contribution in [3.8, 4) is 11.5 Å². The van der Waals surface area contributed by atoms with Gasteiger partial charge in [-0.05, 0) is 129 Å². The van der Waals surface area contributed by atoms with Gasteiger partial charge in [-0.2, -0.15) is 0 Å². The van der Waals surface area contributed by atoms with Crippen LogP contribution in [0.3, 0.4) is 0 Å². The molecule has 6 aliphatic rings. The van der Waals surface area contributed by atoms with E-state index in [1.165, 1.54) is 23.6 Å². The zero-order chi connectivity index (χ0) is 87.3. The summed E-state index contributed by atoms with van der Waals surface area (Å²) in [7, 11) is 1.22. The molecular weight excluding hydrogens is 1550 g/mol. The molecule has 5 atom stereocenters. The number of piperidine rings is 2. The van der Waals surface area contributed by atoms with E-state index in [0.29, 0.717) is 65.0 Å². The Morgan fingerprint density at radius 2 is 0.846 bits per heavy atom. The number of likely N-dealkylation sites (tertiary alicyclic amines) is 4. The summed E-state index contributed by atoms with van der Waals surface area (Å²) in [6.45, 7) is 21.0. The molecule has 43 heteroatoms. The Morgan fingerprint density at radius 1 is 0.444 bits per heavy atom. The zero-order valence-corrected chi connectivity index (χ0v) is 67.0. The van der Waals surface area contributed by atoms with Crippen LogP contribution >= 0.6 is 0 Å². The number of piperazine rings is 1. The maximum Gasteiger partial charge on any atom is 0.357 e. The molecule has 652 valence electrons. The zero-order valence-electron chi connectivity index (χ0n) is 67.0. The van der Waals surface area contributed by atoms with E-state index in [2.05, 4.69) is 74.5 Å². The van der Waals surface area contributed by atoms with E-state index in [1.54, 1.807) is 57.4 Å². The van der Waals surface area contributed by atoms with Crippen LogP contribution in [0.2, 0.25) is 0 Å². The third-order valence-corrected chi connectivity index (χ3v) is 18.8. The van der Waals surface area contributed by atoms with Crippen molar-refractivity contribution in [1.29, 1.82) is 0 Å². The van der Waals surface area contributed by atoms with E-state index >= 15 is 0 Å². The summed E-state index contributed by atoms with van der Waals surface area (Å²) in [5.41, 5.74) is 2.49. The first kappa shape index (κ1) is 100. The van der Waals surface area contributed by atoms with Gasteiger partial charge in [0.05, 0.1) is 98.0 Å². The van der Waals surface area contributed by atoms with Gasteiger partial charge >= 0.3 is 59.7 Å². The highest BCUT2D eigenvalue weighted by Gasteiger charge is 2.39. The molecule has 0 amide bonds. The van der Waals surface area contributed by atoms with Gasteiger partial charge in [0.2, 0.25) is 0 Å². The topological polar surface area (TPSA) is 592 Å². The Morgan fingerprint density at radius 3 is 1.26 bits per heavy atom.